The van der Waals surface area contributed by atoms with Crippen molar-refractivity contribution < 1.29 is 14.3 Å². The maximum absolute atomic E-state index is 13.5. The molecular formula is C34H38N6O4. The topological polar surface area (TPSA) is 114 Å². The van der Waals surface area contributed by atoms with Gasteiger partial charge >= 0.3 is 0 Å². The van der Waals surface area contributed by atoms with Crippen LogP contribution in [0, 0.1) is 5.92 Å². The number of hydrogen-bond acceptors (Lipinski definition) is 7. The highest BCUT2D eigenvalue weighted by molar-refractivity contribution is 5.93. The van der Waals surface area contributed by atoms with Gasteiger partial charge in [0, 0.05) is 18.7 Å². The number of hydrogen-bond donors (Lipinski definition) is 2. The highest BCUT2D eigenvalue weighted by Gasteiger charge is 2.24. The predicted octanol–water partition coefficient (Wildman–Crippen LogP) is 4.74. The Bertz CT molecular complexity index is 1860. The van der Waals surface area contributed by atoms with Crippen LogP contribution >= 0.6 is 0 Å². The molecule has 1 unspecified atom stereocenters. The summed E-state index contributed by atoms with van der Waals surface area (Å²) in [7, 11) is 3.71. The first-order chi connectivity index (χ1) is 21.4. The zero-order valence-electron chi connectivity index (χ0n) is 25.4. The van der Waals surface area contributed by atoms with Gasteiger partial charge in [-0.05, 0) is 68.8 Å². The number of ether oxygens (including phenoxy) is 2. The van der Waals surface area contributed by atoms with E-state index in [1.807, 2.05) is 66.1 Å². The van der Waals surface area contributed by atoms with Crippen LogP contribution in [0.4, 0.5) is 0 Å². The number of para-hydroxylation sites is 1. The van der Waals surface area contributed by atoms with Gasteiger partial charge in [0.05, 0.1) is 60.0 Å². The molecule has 0 saturated carbocycles. The summed E-state index contributed by atoms with van der Waals surface area (Å²) in [4.78, 5) is 41.0. The summed E-state index contributed by atoms with van der Waals surface area (Å²) in [6.07, 6.45) is 4.53. The zero-order chi connectivity index (χ0) is 30.6. The first kappa shape index (κ1) is 29.4. The molecule has 10 nitrogen and oxygen atoms in total. The van der Waals surface area contributed by atoms with E-state index in [1.54, 1.807) is 13.4 Å². The number of carbonyl (C=O) groups is 1. The number of piperidine rings is 1. The number of aromatic nitrogens is 4. The zero-order valence-corrected chi connectivity index (χ0v) is 25.4. The molecular weight excluding hydrogens is 556 g/mol. The summed E-state index contributed by atoms with van der Waals surface area (Å²) in [5.74, 6) is 1.89. The summed E-state index contributed by atoms with van der Waals surface area (Å²) in [6, 6.07) is 17.3. The third kappa shape index (κ3) is 6.16. The van der Waals surface area contributed by atoms with Gasteiger partial charge in [-0.1, -0.05) is 31.2 Å². The SMILES string of the molecule is CCCOc1ccc(CNC(=O)C2CCCN(C)C2)cc1-c1nc2cc3ncn(Cc4ccccc4OC)c3cc2c(=O)[nH]1. The summed E-state index contributed by atoms with van der Waals surface area (Å²) in [5.41, 5.74) is 4.44. The molecule has 10 heteroatoms. The van der Waals surface area contributed by atoms with Crippen molar-refractivity contribution in [1.82, 2.24) is 29.7 Å². The van der Waals surface area contributed by atoms with Crippen LogP contribution in [0.25, 0.3) is 33.3 Å². The van der Waals surface area contributed by atoms with Crippen molar-refractivity contribution in [3.63, 3.8) is 0 Å². The van der Waals surface area contributed by atoms with Crippen LogP contribution in [-0.4, -0.2) is 64.2 Å². The van der Waals surface area contributed by atoms with Crippen LogP contribution < -0.4 is 20.3 Å². The third-order valence-electron chi connectivity index (χ3n) is 8.20. The lowest BCUT2D eigenvalue weighted by Gasteiger charge is -2.28. The Balaban J connectivity index is 1.31. The van der Waals surface area contributed by atoms with E-state index in [4.69, 9.17) is 14.5 Å². The van der Waals surface area contributed by atoms with E-state index in [1.165, 1.54) is 0 Å². The lowest BCUT2D eigenvalue weighted by molar-refractivity contribution is -0.126. The van der Waals surface area contributed by atoms with Crippen molar-refractivity contribution in [2.75, 3.05) is 33.9 Å². The lowest BCUT2D eigenvalue weighted by atomic mass is 9.97. The first-order valence-electron chi connectivity index (χ1n) is 15.2. The Morgan fingerprint density at radius 1 is 1.11 bits per heavy atom. The number of carbonyl (C=O) groups excluding carboxylic acids is 1. The number of methoxy groups -OCH3 is 1. The maximum Gasteiger partial charge on any atom is 0.259 e. The molecule has 2 N–H and O–H groups in total. The smallest absolute Gasteiger partial charge is 0.259 e. The van der Waals surface area contributed by atoms with Crippen molar-refractivity contribution in [2.24, 2.45) is 5.92 Å². The molecule has 0 radical (unpaired) electrons. The average Bonchev–Trinajstić information content (AvgIpc) is 3.43. The van der Waals surface area contributed by atoms with E-state index in [0.717, 1.165) is 60.3 Å². The van der Waals surface area contributed by atoms with Crippen LogP contribution in [-0.2, 0) is 17.9 Å². The number of nitrogens with one attached hydrogen (secondary N) is 2. The molecule has 1 aliphatic rings. The molecule has 1 atom stereocenters. The second kappa shape index (κ2) is 12.9. The van der Waals surface area contributed by atoms with Crippen molar-refractivity contribution in [3.8, 4) is 22.9 Å². The van der Waals surface area contributed by atoms with Crippen LogP contribution in [0.5, 0.6) is 11.5 Å². The number of imidazole rings is 1. The fourth-order valence-electron chi connectivity index (χ4n) is 5.89. The molecule has 1 fully saturated rings. The van der Waals surface area contributed by atoms with Crippen molar-refractivity contribution in [1.29, 1.82) is 0 Å². The Morgan fingerprint density at radius 2 is 1.98 bits per heavy atom. The molecule has 0 aliphatic carbocycles. The monoisotopic (exact) mass is 594 g/mol. The van der Waals surface area contributed by atoms with E-state index >= 15 is 0 Å². The van der Waals surface area contributed by atoms with E-state index in [9.17, 15) is 9.59 Å². The summed E-state index contributed by atoms with van der Waals surface area (Å²) >= 11 is 0. The number of likely N-dealkylation sites (tertiary alicyclic amines) is 1. The number of amides is 1. The minimum absolute atomic E-state index is 0.00563. The van der Waals surface area contributed by atoms with Gasteiger partial charge in [-0.3, -0.25) is 9.59 Å². The second-order valence-electron chi connectivity index (χ2n) is 11.5. The number of rotatable bonds is 10. The van der Waals surface area contributed by atoms with Gasteiger partial charge in [0.2, 0.25) is 5.91 Å². The minimum Gasteiger partial charge on any atom is -0.496 e. The lowest BCUT2D eigenvalue weighted by Crippen LogP contribution is -2.41. The molecule has 5 aromatic rings. The molecule has 1 amide bonds. The fourth-order valence-corrected chi connectivity index (χ4v) is 5.89. The van der Waals surface area contributed by atoms with E-state index in [0.29, 0.717) is 47.7 Å². The van der Waals surface area contributed by atoms with Gasteiger partial charge < -0.3 is 29.2 Å². The van der Waals surface area contributed by atoms with Gasteiger partial charge in [-0.2, -0.15) is 0 Å². The Kier molecular flexibility index (Phi) is 8.60. The molecule has 0 bridgehead atoms. The number of nitrogens with zero attached hydrogens (tertiary/aromatic N) is 4. The number of aromatic amines is 1. The van der Waals surface area contributed by atoms with Gasteiger partial charge in [0.15, 0.2) is 0 Å². The van der Waals surface area contributed by atoms with Crippen LogP contribution in [0.1, 0.15) is 37.3 Å². The van der Waals surface area contributed by atoms with Crippen LogP contribution in [0.3, 0.4) is 0 Å². The van der Waals surface area contributed by atoms with E-state index < -0.39 is 0 Å². The summed E-state index contributed by atoms with van der Waals surface area (Å²) in [6.45, 7) is 5.30. The van der Waals surface area contributed by atoms with Crippen molar-refractivity contribution >= 4 is 27.8 Å². The maximum atomic E-state index is 13.5. The Hall–Kier alpha value is -4.70. The third-order valence-corrected chi connectivity index (χ3v) is 8.20. The molecule has 0 spiro atoms. The van der Waals surface area contributed by atoms with Gasteiger partial charge in [0.1, 0.15) is 17.3 Å². The Morgan fingerprint density at radius 3 is 2.80 bits per heavy atom. The fraction of sp³-hybridized carbons (Fsp3) is 0.353. The average molecular weight is 595 g/mol. The predicted molar refractivity (Wildman–Crippen MR) is 171 cm³/mol. The molecule has 3 heterocycles. The van der Waals surface area contributed by atoms with Crippen molar-refractivity contribution in [2.45, 2.75) is 39.3 Å². The molecule has 228 valence electrons. The largest absolute Gasteiger partial charge is 0.496 e. The number of benzene rings is 3. The highest BCUT2D eigenvalue weighted by Crippen LogP contribution is 2.30. The molecule has 1 aliphatic heterocycles. The molecule has 3 aromatic carbocycles. The number of H-pyrrole nitrogens is 1. The quantitative estimate of drug-likeness (QED) is 0.240. The van der Waals surface area contributed by atoms with Gasteiger partial charge in [-0.25, -0.2) is 9.97 Å². The minimum atomic E-state index is -0.251. The highest BCUT2D eigenvalue weighted by atomic mass is 16.5. The van der Waals surface area contributed by atoms with E-state index in [2.05, 4.69) is 27.2 Å². The van der Waals surface area contributed by atoms with Crippen molar-refractivity contribution in [3.05, 3.63) is 82.4 Å². The van der Waals surface area contributed by atoms with Gasteiger partial charge in [-0.15, -0.1) is 0 Å². The Labute approximate surface area is 256 Å². The second-order valence-corrected chi connectivity index (χ2v) is 11.5. The summed E-state index contributed by atoms with van der Waals surface area (Å²) in [5, 5.41) is 3.57. The summed E-state index contributed by atoms with van der Waals surface area (Å²) < 4.78 is 13.6. The molecule has 2 aromatic heterocycles. The molecule has 1 saturated heterocycles. The molecule has 6 rings (SSSR count). The van der Waals surface area contributed by atoms with Crippen LogP contribution in [0.2, 0.25) is 0 Å². The van der Waals surface area contributed by atoms with Crippen LogP contribution in [0.15, 0.2) is 65.7 Å². The molecule has 44 heavy (non-hydrogen) atoms. The number of fused-ring (bicyclic) bond motifs is 2. The first-order valence-corrected chi connectivity index (χ1v) is 15.2. The van der Waals surface area contributed by atoms with E-state index in [-0.39, 0.29) is 17.4 Å². The van der Waals surface area contributed by atoms with Gasteiger partial charge in [0.25, 0.3) is 5.56 Å². The standard InChI is InChI=1S/C34H38N6O4/c1-4-14-44-31-12-11-22(18-35-33(41)24-9-7-13-39(2)19-24)15-26(31)32-37-27-17-28-29(16-25(27)34(42)38-32)40(21-36-28)20-23-8-5-6-10-30(23)43-3/h5-6,8,10-12,15-17,21,24H,4,7,9,13-14,18-20H2,1-3H3,(H,35,41)(H,37,38,42). The normalized spacial score (nSPS) is 15.5.